The van der Waals surface area contributed by atoms with E-state index in [-0.39, 0.29) is 22.0 Å². The van der Waals surface area contributed by atoms with Gasteiger partial charge in [-0.15, -0.1) is 11.6 Å². The van der Waals surface area contributed by atoms with Gasteiger partial charge in [-0.1, -0.05) is 11.6 Å². The Balaban J connectivity index is 3.34. The van der Waals surface area contributed by atoms with Crippen molar-refractivity contribution in [3.05, 3.63) is 33.8 Å². The summed E-state index contributed by atoms with van der Waals surface area (Å²) in [6.45, 7) is 1.39. The second-order valence-electron chi connectivity index (χ2n) is 3.20. The van der Waals surface area contributed by atoms with E-state index in [1.807, 2.05) is 0 Å². The van der Waals surface area contributed by atoms with Crippen molar-refractivity contribution in [2.45, 2.75) is 13.1 Å². The number of hydrogen-bond donors (Lipinski definition) is 0. The molecule has 1 aromatic rings. The van der Waals surface area contributed by atoms with Gasteiger partial charge in [0.1, 0.15) is 0 Å². The highest BCUT2D eigenvalue weighted by atomic mass is 35.5. The van der Waals surface area contributed by atoms with Crippen molar-refractivity contribution in [1.82, 2.24) is 0 Å². The van der Waals surface area contributed by atoms with E-state index in [4.69, 9.17) is 23.2 Å². The van der Waals surface area contributed by atoms with Gasteiger partial charge in [0.2, 0.25) is 0 Å². The molecule has 0 bridgehead atoms. The Morgan fingerprint density at radius 3 is 2.31 bits per heavy atom. The zero-order chi connectivity index (χ0) is 12.5. The Morgan fingerprint density at radius 1 is 1.38 bits per heavy atom. The van der Waals surface area contributed by atoms with Crippen LogP contribution in [0.1, 0.15) is 21.5 Å². The maximum atomic E-state index is 12.4. The number of alkyl halides is 4. The predicted octanol–water partition coefficient (Wildman–Crippen LogP) is 4.09. The van der Waals surface area contributed by atoms with E-state index in [1.165, 1.54) is 6.92 Å². The van der Waals surface area contributed by atoms with Crippen LogP contribution >= 0.6 is 23.2 Å². The lowest BCUT2D eigenvalue weighted by Crippen LogP contribution is -2.10. The molecular formula is C10H7Cl2F3O. The van der Waals surface area contributed by atoms with Crippen molar-refractivity contribution >= 4 is 29.0 Å². The van der Waals surface area contributed by atoms with Gasteiger partial charge >= 0.3 is 6.18 Å². The average molecular weight is 271 g/mol. The van der Waals surface area contributed by atoms with Gasteiger partial charge in [0.25, 0.3) is 0 Å². The van der Waals surface area contributed by atoms with Crippen LogP contribution < -0.4 is 0 Å². The van der Waals surface area contributed by atoms with Crippen molar-refractivity contribution < 1.29 is 18.0 Å². The topological polar surface area (TPSA) is 17.1 Å². The summed E-state index contributed by atoms with van der Waals surface area (Å²) in [5.41, 5.74) is -0.656. The SMILES string of the molecule is Cc1cc(C(F)(F)F)cc(Cl)c1C(=O)CCl. The maximum Gasteiger partial charge on any atom is 0.416 e. The minimum atomic E-state index is -4.48. The van der Waals surface area contributed by atoms with Gasteiger partial charge in [-0.05, 0) is 24.6 Å². The van der Waals surface area contributed by atoms with E-state index in [0.717, 1.165) is 12.1 Å². The number of halogens is 5. The highest BCUT2D eigenvalue weighted by Crippen LogP contribution is 2.34. The summed E-state index contributed by atoms with van der Waals surface area (Å²) in [6, 6.07) is 1.61. The number of carbonyl (C=O) groups excluding carboxylic acids is 1. The molecule has 0 fully saturated rings. The largest absolute Gasteiger partial charge is 0.416 e. The van der Waals surface area contributed by atoms with E-state index >= 15 is 0 Å². The molecular weight excluding hydrogens is 264 g/mol. The lowest BCUT2D eigenvalue weighted by molar-refractivity contribution is -0.137. The van der Waals surface area contributed by atoms with Crippen LogP contribution in [-0.2, 0) is 6.18 Å². The molecule has 0 saturated heterocycles. The Kier molecular flexibility index (Phi) is 3.86. The molecule has 0 heterocycles. The van der Waals surface area contributed by atoms with E-state index in [9.17, 15) is 18.0 Å². The summed E-state index contributed by atoms with van der Waals surface area (Å²) in [7, 11) is 0. The normalized spacial score (nSPS) is 11.6. The number of hydrogen-bond acceptors (Lipinski definition) is 1. The molecule has 0 amide bonds. The van der Waals surface area contributed by atoms with Crippen LogP contribution in [0, 0.1) is 6.92 Å². The fourth-order valence-electron chi connectivity index (χ4n) is 1.33. The third-order valence-electron chi connectivity index (χ3n) is 2.01. The highest BCUT2D eigenvalue weighted by molar-refractivity contribution is 6.37. The van der Waals surface area contributed by atoms with Gasteiger partial charge in [0, 0.05) is 5.56 Å². The molecule has 16 heavy (non-hydrogen) atoms. The van der Waals surface area contributed by atoms with E-state index in [2.05, 4.69) is 0 Å². The van der Waals surface area contributed by atoms with Crippen molar-refractivity contribution in [3.8, 4) is 0 Å². The molecule has 0 aliphatic carbocycles. The third kappa shape index (κ3) is 2.68. The smallest absolute Gasteiger partial charge is 0.293 e. The van der Waals surface area contributed by atoms with Crippen molar-refractivity contribution in [1.29, 1.82) is 0 Å². The summed E-state index contributed by atoms with van der Waals surface area (Å²) < 4.78 is 37.2. The Labute approximate surface area is 100 Å². The van der Waals surface area contributed by atoms with Crippen LogP contribution in [0.4, 0.5) is 13.2 Å². The maximum absolute atomic E-state index is 12.4. The molecule has 1 rings (SSSR count). The zero-order valence-corrected chi connectivity index (χ0v) is 9.67. The number of benzene rings is 1. The van der Waals surface area contributed by atoms with E-state index in [1.54, 1.807) is 0 Å². The monoisotopic (exact) mass is 270 g/mol. The molecule has 0 aromatic heterocycles. The number of aryl methyl sites for hydroxylation is 1. The van der Waals surface area contributed by atoms with Crippen molar-refractivity contribution in [2.75, 3.05) is 5.88 Å². The lowest BCUT2D eigenvalue weighted by atomic mass is 10.0. The molecule has 0 N–H and O–H groups in total. The van der Waals surface area contributed by atoms with Crippen molar-refractivity contribution in [2.24, 2.45) is 0 Å². The quantitative estimate of drug-likeness (QED) is 0.585. The first-order chi connectivity index (χ1) is 7.27. The Bertz CT molecular complexity index is 404. The highest BCUT2D eigenvalue weighted by Gasteiger charge is 2.32. The molecule has 0 saturated carbocycles. The third-order valence-corrected chi connectivity index (χ3v) is 2.56. The standard InChI is InChI=1S/C10H7Cl2F3O/c1-5-2-6(10(13,14)15)3-7(12)9(5)8(16)4-11/h2-3H,4H2,1H3. The summed E-state index contributed by atoms with van der Waals surface area (Å²) in [5.74, 6) is -0.802. The molecule has 0 unspecified atom stereocenters. The molecule has 6 heteroatoms. The molecule has 0 atom stereocenters. The van der Waals surface area contributed by atoms with Crippen LogP contribution in [-0.4, -0.2) is 11.7 Å². The first-order valence-electron chi connectivity index (χ1n) is 4.24. The fraction of sp³-hybridized carbons (Fsp3) is 0.300. The van der Waals surface area contributed by atoms with Gasteiger partial charge in [-0.2, -0.15) is 13.2 Å². The minimum Gasteiger partial charge on any atom is -0.293 e. The molecule has 0 spiro atoms. The van der Waals surface area contributed by atoms with Crippen molar-refractivity contribution in [3.63, 3.8) is 0 Å². The summed E-state index contributed by atoms with van der Waals surface area (Å²) in [4.78, 5) is 11.3. The first-order valence-corrected chi connectivity index (χ1v) is 5.15. The van der Waals surface area contributed by atoms with Gasteiger partial charge in [-0.25, -0.2) is 0 Å². The number of carbonyl (C=O) groups is 1. The predicted molar refractivity (Wildman–Crippen MR) is 56.2 cm³/mol. The molecule has 88 valence electrons. The van der Waals surface area contributed by atoms with Crippen LogP contribution in [0.25, 0.3) is 0 Å². The van der Waals surface area contributed by atoms with Crippen LogP contribution in [0.15, 0.2) is 12.1 Å². The Morgan fingerprint density at radius 2 is 1.94 bits per heavy atom. The van der Waals surface area contributed by atoms with Gasteiger partial charge in [0.15, 0.2) is 5.78 Å². The minimum absolute atomic E-state index is 0.0460. The van der Waals surface area contributed by atoms with Crippen LogP contribution in [0.3, 0.4) is 0 Å². The van der Waals surface area contributed by atoms with E-state index < -0.39 is 17.5 Å². The molecule has 0 aliphatic heterocycles. The van der Waals surface area contributed by atoms with Gasteiger partial charge in [0.05, 0.1) is 16.5 Å². The Hall–Kier alpha value is -0.740. The van der Waals surface area contributed by atoms with Crippen LogP contribution in [0.2, 0.25) is 5.02 Å². The lowest BCUT2D eigenvalue weighted by Gasteiger charge is -2.11. The number of rotatable bonds is 2. The van der Waals surface area contributed by atoms with Gasteiger partial charge < -0.3 is 0 Å². The molecule has 1 nitrogen and oxygen atoms in total. The fourth-order valence-corrected chi connectivity index (χ4v) is 1.83. The van der Waals surface area contributed by atoms with E-state index in [0.29, 0.717) is 0 Å². The second-order valence-corrected chi connectivity index (χ2v) is 3.88. The second kappa shape index (κ2) is 4.63. The first kappa shape index (κ1) is 13.3. The molecule has 1 aromatic carbocycles. The summed E-state index contributed by atoms with van der Waals surface area (Å²) >= 11 is 11.0. The molecule has 0 aliphatic rings. The summed E-state index contributed by atoms with van der Waals surface area (Å²) in [6.07, 6.45) is -4.48. The summed E-state index contributed by atoms with van der Waals surface area (Å²) in [5, 5.41) is -0.224. The number of ketones is 1. The zero-order valence-electron chi connectivity index (χ0n) is 8.16. The average Bonchev–Trinajstić information content (AvgIpc) is 2.14. The molecule has 0 radical (unpaired) electrons. The number of Topliss-reactive ketones (excluding diaryl/α,β-unsaturated/α-hetero) is 1. The van der Waals surface area contributed by atoms with Gasteiger partial charge in [-0.3, -0.25) is 4.79 Å². The van der Waals surface area contributed by atoms with Crippen LogP contribution in [0.5, 0.6) is 0 Å².